The second-order valence-electron chi connectivity index (χ2n) is 5.74. The first-order valence-electron chi connectivity index (χ1n) is 7.20. The predicted molar refractivity (Wildman–Crippen MR) is 62.1 cm³/mol. The SMILES string of the molecule is O[C@@H]1[C@H]2OC3(CCCCC3)O[C@H]2O[C@@H]1C1OCCO1. The molecule has 3 saturated heterocycles. The van der Waals surface area contributed by atoms with Gasteiger partial charge in [-0.15, -0.1) is 0 Å². The molecule has 0 bridgehead atoms. The van der Waals surface area contributed by atoms with Gasteiger partial charge in [0.05, 0.1) is 13.2 Å². The van der Waals surface area contributed by atoms with Crippen LogP contribution in [0.5, 0.6) is 0 Å². The van der Waals surface area contributed by atoms with E-state index in [9.17, 15) is 5.11 Å². The summed E-state index contributed by atoms with van der Waals surface area (Å²) in [6, 6.07) is 0. The van der Waals surface area contributed by atoms with Crippen LogP contribution in [0, 0.1) is 0 Å². The third-order valence-electron chi connectivity index (χ3n) is 4.45. The minimum absolute atomic E-state index is 0.420. The number of aliphatic hydroxyl groups is 1. The van der Waals surface area contributed by atoms with Crippen LogP contribution in [-0.4, -0.2) is 55.0 Å². The molecule has 0 unspecified atom stereocenters. The molecule has 4 rings (SSSR count). The summed E-state index contributed by atoms with van der Waals surface area (Å²) in [7, 11) is 0. The highest BCUT2D eigenvalue weighted by atomic mass is 16.8. The van der Waals surface area contributed by atoms with Gasteiger partial charge in [0.15, 0.2) is 18.4 Å². The van der Waals surface area contributed by atoms with Crippen LogP contribution in [0.2, 0.25) is 0 Å². The lowest BCUT2D eigenvalue weighted by atomic mass is 9.94. The van der Waals surface area contributed by atoms with Crippen molar-refractivity contribution in [1.82, 2.24) is 0 Å². The molecule has 6 heteroatoms. The third kappa shape index (κ3) is 2.02. The van der Waals surface area contributed by atoms with Gasteiger partial charge in [-0.3, -0.25) is 0 Å². The van der Waals surface area contributed by atoms with Crippen LogP contribution in [0.3, 0.4) is 0 Å². The summed E-state index contributed by atoms with van der Waals surface area (Å²) in [6.07, 6.45) is 2.51. The van der Waals surface area contributed by atoms with E-state index in [1.807, 2.05) is 0 Å². The van der Waals surface area contributed by atoms with Crippen molar-refractivity contribution in [2.24, 2.45) is 0 Å². The molecular weight excluding hydrogens is 252 g/mol. The van der Waals surface area contributed by atoms with Gasteiger partial charge in [-0.1, -0.05) is 6.42 Å². The van der Waals surface area contributed by atoms with Crippen LogP contribution >= 0.6 is 0 Å². The first kappa shape index (κ1) is 12.5. The van der Waals surface area contributed by atoms with Gasteiger partial charge in [0.1, 0.15) is 18.3 Å². The Morgan fingerprint density at radius 3 is 2.26 bits per heavy atom. The van der Waals surface area contributed by atoms with E-state index in [-0.39, 0.29) is 0 Å². The minimum atomic E-state index is -0.755. The molecule has 3 heterocycles. The highest BCUT2D eigenvalue weighted by Crippen LogP contribution is 2.45. The zero-order chi connectivity index (χ0) is 12.9. The summed E-state index contributed by atoms with van der Waals surface area (Å²) in [5, 5.41) is 10.3. The second kappa shape index (κ2) is 4.65. The Hall–Kier alpha value is -0.240. The van der Waals surface area contributed by atoms with Crippen LogP contribution < -0.4 is 0 Å². The summed E-state index contributed by atoms with van der Waals surface area (Å²) in [5.41, 5.74) is 0. The van der Waals surface area contributed by atoms with Crippen LogP contribution in [-0.2, 0) is 23.7 Å². The lowest BCUT2D eigenvalue weighted by Crippen LogP contribution is -2.43. The topological polar surface area (TPSA) is 66.4 Å². The summed E-state index contributed by atoms with van der Waals surface area (Å²) in [5.74, 6) is -0.531. The molecule has 0 radical (unpaired) electrons. The number of hydrogen-bond donors (Lipinski definition) is 1. The molecular formula is C13H20O6. The molecule has 6 nitrogen and oxygen atoms in total. The van der Waals surface area contributed by atoms with Crippen LogP contribution in [0.25, 0.3) is 0 Å². The van der Waals surface area contributed by atoms with Crippen molar-refractivity contribution in [1.29, 1.82) is 0 Å². The van der Waals surface area contributed by atoms with Gasteiger partial charge in [-0.2, -0.15) is 0 Å². The van der Waals surface area contributed by atoms with Gasteiger partial charge >= 0.3 is 0 Å². The Morgan fingerprint density at radius 1 is 0.842 bits per heavy atom. The molecule has 0 amide bonds. The molecule has 4 fully saturated rings. The summed E-state index contributed by atoms with van der Waals surface area (Å²) in [4.78, 5) is 0. The molecule has 1 N–H and O–H groups in total. The Bertz CT molecular complexity index is 336. The van der Waals surface area contributed by atoms with Crippen molar-refractivity contribution in [3.8, 4) is 0 Å². The Kier molecular flexibility index (Phi) is 3.06. The molecule has 0 aromatic rings. The van der Waals surface area contributed by atoms with Gasteiger partial charge in [0.25, 0.3) is 0 Å². The van der Waals surface area contributed by atoms with E-state index in [4.69, 9.17) is 23.7 Å². The highest BCUT2D eigenvalue weighted by Gasteiger charge is 2.59. The van der Waals surface area contributed by atoms with E-state index in [2.05, 4.69) is 0 Å². The molecule has 19 heavy (non-hydrogen) atoms. The van der Waals surface area contributed by atoms with Gasteiger partial charge < -0.3 is 28.8 Å². The van der Waals surface area contributed by atoms with Crippen molar-refractivity contribution < 1.29 is 28.8 Å². The van der Waals surface area contributed by atoms with Gasteiger partial charge in [-0.25, -0.2) is 0 Å². The quantitative estimate of drug-likeness (QED) is 0.750. The predicted octanol–water partition coefficient (Wildman–Crippen LogP) is 0.521. The number of rotatable bonds is 1. The highest BCUT2D eigenvalue weighted by molar-refractivity contribution is 4.97. The lowest BCUT2D eigenvalue weighted by molar-refractivity contribution is -0.266. The van der Waals surface area contributed by atoms with E-state index in [0.717, 1.165) is 25.7 Å². The zero-order valence-corrected chi connectivity index (χ0v) is 10.8. The summed E-state index contributed by atoms with van der Waals surface area (Å²) in [6.45, 7) is 1.08. The van der Waals surface area contributed by atoms with Gasteiger partial charge in [-0.05, 0) is 12.8 Å². The molecule has 0 aromatic carbocycles. The Morgan fingerprint density at radius 2 is 1.58 bits per heavy atom. The van der Waals surface area contributed by atoms with Crippen LogP contribution in [0.4, 0.5) is 0 Å². The fraction of sp³-hybridized carbons (Fsp3) is 1.00. The van der Waals surface area contributed by atoms with E-state index in [1.165, 1.54) is 6.42 Å². The average Bonchev–Trinajstić information content (AvgIpc) is 3.09. The maximum absolute atomic E-state index is 10.3. The largest absolute Gasteiger partial charge is 0.387 e. The summed E-state index contributed by atoms with van der Waals surface area (Å²) < 4.78 is 28.5. The van der Waals surface area contributed by atoms with E-state index < -0.39 is 36.7 Å². The van der Waals surface area contributed by atoms with Gasteiger partial charge in [0, 0.05) is 12.8 Å². The Balaban J connectivity index is 1.45. The number of ether oxygens (including phenoxy) is 5. The van der Waals surface area contributed by atoms with Crippen molar-refractivity contribution in [3.63, 3.8) is 0 Å². The van der Waals surface area contributed by atoms with Crippen molar-refractivity contribution >= 4 is 0 Å². The fourth-order valence-corrected chi connectivity index (χ4v) is 3.49. The normalized spacial score (nSPS) is 45.9. The molecule has 1 spiro atoms. The third-order valence-corrected chi connectivity index (χ3v) is 4.45. The monoisotopic (exact) mass is 272 g/mol. The zero-order valence-electron chi connectivity index (χ0n) is 10.8. The molecule has 3 aliphatic heterocycles. The van der Waals surface area contributed by atoms with Crippen molar-refractivity contribution in [2.45, 2.75) is 68.8 Å². The molecule has 0 aromatic heterocycles. The maximum Gasteiger partial charge on any atom is 0.190 e. The van der Waals surface area contributed by atoms with E-state index in [0.29, 0.717) is 13.2 Å². The fourth-order valence-electron chi connectivity index (χ4n) is 3.49. The smallest absolute Gasteiger partial charge is 0.190 e. The van der Waals surface area contributed by atoms with E-state index in [1.54, 1.807) is 0 Å². The molecule has 4 atom stereocenters. The minimum Gasteiger partial charge on any atom is -0.387 e. The van der Waals surface area contributed by atoms with Gasteiger partial charge in [0.2, 0.25) is 0 Å². The first-order chi connectivity index (χ1) is 9.27. The summed E-state index contributed by atoms with van der Waals surface area (Å²) >= 11 is 0. The number of aliphatic hydroxyl groups excluding tert-OH is 1. The Labute approximate surface area is 111 Å². The average molecular weight is 272 g/mol. The second-order valence-corrected chi connectivity index (χ2v) is 5.74. The molecule has 4 aliphatic rings. The van der Waals surface area contributed by atoms with Crippen LogP contribution in [0.15, 0.2) is 0 Å². The molecule has 108 valence electrons. The van der Waals surface area contributed by atoms with Crippen LogP contribution in [0.1, 0.15) is 32.1 Å². The maximum atomic E-state index is 10.3. The number of hydrogen-bond acceptors (Lipinski definition) is 6. The first-order valence-corrected chi connectivity index (χ1v) is 7.20. The van der Waals surface area contributed by atoms with E-state index >= 15 is 0 Å². The standard InChI is InChI=1S/C13H20O6/c14-8-9(11-15-6-7-16-11)17-12-10(8)18-13(19-12)4-2-1-3-5-13/h8-12,14H,1-7H2/t8-,9-,10+,12+/m0/s1. The lowest BCUT2D eigenvalue weighted by Gasteiger charge is -2.33. The molecule has 1 aliphatic carbocycles. The molecule has 1 saturated carbocycles. The van der Waals surface area contributed by atoms with Crippen molar-refractivity contribution in [3.05, 3.63) is 0 Å². The number of fused-ring (bicyclic) bond motifs is 1. The van der Waals surface area contributed by atoms with Crippen molar-refractivity contribution in [2.75, 3.05) is 13.2 Å².